The molecule has 1 saturated heterocycles. The number of halogens is 2. The monoisotopic (exact) mass is 453 g/mol. The van der Waals surface area contributed by atoms with Gasteiger partial charge in [-0.3, -0.25) is 9.59 Å². The first-order chi connectivity index (χ1) is 14.2. The number of piperidine rings is 1. The summed E-state index contributed by atoms with van der Waals surface area (Å²) >= 11 is 6.15. The first-order valence-corrected chi connectivity index (χ1v) is 11.2. The zero-order chi connectivity index (χ0) is 21.9. The Hall–Kier alpha value is -2.49. The molecule has 7 nitrogen and oxygen atoms in total. The summed E-state index contributed by atoms with van der Waals surface area (Å²) in [5, 5.41) is 5.32. The predicted octanol–water partition coefficient (Wildman–Crippen LogP) is 3.86. The fourth-order valence-corrected chi connectivity index (χ4v) is 5.01. The first kappa shape index (κ1) is 22.2. The van der Waals surface area contributed by atoms with E-state index in [4.69, 9.17) is 11.6 Å². The number of carbonyl (C=O) groups is 2. The van der Waals surface area contributed by atoms with Crippen molar-refractivity contribution in [3.8, 4) is 0 Å². The number of hydrogen-bond acceptors (Lipinski definition) is 4. The maximum absolute atomic E-state index is 14.3. The third-order valence-corrected chi connectivity index (χ3v) is 6.89. The molecule has 0 atom stereocenters. The molecule has 1 heterocycles. The van der Waals surface area contributed by atoms with Crippen molar-refractivity contribution in [3.05, 3.63) is 52.8 Å². The molecule has 0 aliphatic carbocycles. The van der Waals surface area contributed by atoms with E-state index in [9.17, 15) is 22.4 Å². The van der Waals surface area contributed by atoms with Crippen molar-refractivity contribution >= 4 is 44.8 Å². The number of nitrogens with one attached hydrogen (secondary N) is 2. The fraction of sp³-hybridized carbons (Fsp3) is 0.300. The van der Waals surface area contributed by atoms with Crippen LogP contribution in [0.2, 0.25) is 5.02 Å². The third kappa shape index (κ3) is 4.97. The summed E-state index contributed by atoms with van der Waals surface area (Å²) < 4.78 is 41.2. The third-order valence-electron chi connectivity index (χ3n) is 4.66. The lowest BCUT2D eigenvalue weighted by molar-refractivity contribution is -0.114. The number of anilines is 2. The van der Waals surface area contributed by atoms with Gasteiger partial charge in [-0.25, -0.2) is 12.8 Å². The molecule has 0 unspecified atom stereocenters. The van der Waals surface area contributed by atoms with E-state index in [1.165, 1.54) is 29.4 Å². The number of amides is 2. The highest BCUT2D eigenvalue weighted by Crippen LogP contribution is 2.27. The zero-order valence-corrected chi connectivity index (χ0v) is 17.8. The molecule has 3 rings (SSSR count). The molecular formula is C20H21ClFN3O4S. The van der Waals surface area contributed by atoms with E-state index in [0.29, 0.717) is 31.6 Å². The van der Waals surface area contributed by atoms with Gasteiger partial charge in [-0.15, -0.1) is 0 Å². The summed E-state index contributed by atoms with van der Waals surface area (Å²) in [5.74, 6) is -1.81. The van der Waals surface area contributed by atoms with Crippen LogP contribution in [-0.4, -0.2) is 37.6 Å². The minimum absolute atomic E-state index is 0.0195. The lowest BCUT2D eigenvalue weighted by Gasteiger charge is -2.26. The van der Waals surface area contributed by atoms with Gasteiger partial charge in [0.1, 0.15) is 10.7 Å². The molecule has 2 aromatic rings. The minimum atomic E-state index is -4.03. The molecule has 2 N–H and O–H groups in total. The van der Waals surface area contributed by atoms with Crippen LogP contribution in [-0.2, 0) is 14.8 Å². The average molecular weight is 454 g/mol. The van der Waals surface area contributed by atoms with Gasteiger partial charge in [0.05, 0.1) is 10.7 Å². The number of sulfonamides is 1. The smallest absolute Gasteiger partial charge is 0.255 e. The number of carbonyl (C=O) groups excluding carboxylic acids is 2. The summed E-state index contributed by atoms with van der Waals surface area (Å²) in [5.41, 5.74) is 0.705. The summed E-state index contributed by atoms with van der Waals surface area (Å²) in [6.45, 7) is 2.01. The van der Waals surface area contributed by atoms with Crippen LogP contribution in [0.3, 0.4) is 0 Å². The second kappa shape index (κ2) is 9.11. The lowest BCUT2D eigenvalue weighted by atomic mass is 10.2. The van der Waals surface area contributed by atoms with Crippen molar-refractivity contribution in [3.63, 3.8) is 0 Å². The molecule has 0 aromatic heterocycles. The van der Waals surface area contributed by atoms with Gasteiger partial charge in [0.2, 0.25) is 15.9 Å². The Bertz CT molecular complexity index is 1090. The first-order valence-electron chi connectivity index (χ1n) is 9.36. The molecule has 2 amide bonds. The second-order valence-corrected chi connectivity index (χ2v) is 9.25. The topological polar surface area (TPSA) is 95.6 Å². The molecule has 1 aliphatic heterocycles. The van der Waals surface area contributed by atoms with E-state index < -0.39 is 26.6 Å². The van der Waals surface area contributed by atoms with Crippen molar-refractivity contribution < 1.29 is 22.4 Å². The van der Waals surface area contributed by atoms with Crippen LogP contribution in [0, 0.1) is 5.82 Å². The molecule has 30 heavy (non-hydrogen) atoms. The quantitative estimate of drug-likeness (QED) is 0.718. The fourth-order valence-electron chi connectivity index (χ4n) is 3.18. The molecule has 10 heteroatoms. The maximum Gasteiger partial charge on any atom is 0.255 e. The summed E-state index contributed by atoms with van der Waals surface area (Å²) in [4.78, 5) is 23.2. The largest absolute Gasteiger partial charge is 0.326 e. The highest BCUT2D eigenvalue weighted by Gasteiger charge is 2.29. The van der Waals surface area contributed by atoms with E-state index in [1.807, 2.05) is 0 Å². The molecule has 0 saturated carbocycles. The summed E-state index contributed by atoms with van der Waals surface area (Å²) in [6, 6.07) is 7.73. The van der Waals surface area contributed by atoms with Gasteiger partial charge in [-0.2, -0.15) is 4.31 Å². The molecule has 2 aromatic carbocycles. The van der Waals surface area contributed by atoms with E-state index >= 15 is 0 Å². The molecule has 0 spiro atoms. The predicted molar refractivity (Wildman–Crippen MR) is 113 cm³/mol. The van der Waals surface area contributed by atoms with E-state index in [2.05, 4.69) is 10.6 Å². The van der Waals surface area contributed by atoms with Gasteiger partial charge in [0.25, 0.3) is 5.91 Å². The van der Waals surface area contributed by atoms with Gasteiger partial charge in [-0.1, -0.05) is 18.0 Å². The Morgan fingerprint density at radius 2 is 1.73 bits per heavy atom. The van der Waals surface area contributed by atoms with Crippen LogP contribution in [0.4, 0.5) is 15.8 Å². The van der Waals surface area contributed by atoms with Crippen LogP contribution >= 0.6 is 11.6 Å². The van der Waals surface area contributed by atoms with Crippen LogP contribution in [0.15, 0.2) is 41.3 Å². The molecule has 0 radical (unpaired) electrons. The van der Waals surface area contributed by atoms with Crippen molar-refractivity contribution in [1.29, 1.82) is 0 Å². The van der Waals surface area contributed by atoms with Gasteiger partial charge in [0.15, 0.2) is 0 Å². The van der Waals surface area contributed by atoms with Crippen LogP contribution in [0.25, 0.3) is 0 Å². The van der Waals surface area contributed by atoms with E-state index in [-0.39, 0.29) is 22.2 Å². The van der Waals surface area contributed by atoms with Crippen molar-refractivity contribution in [2.45, 2.75) is 31.1 Å². The van der Waals surface area contributed by atoms with Crippen LogP contribution < -0.4 is 10.6 Å². The molecule has 160 valence electrons. The zero-order valence-electron chi connectivity index (χ0n) is 16.2. The van der Waals surface area contributed by atoms with Crippen LogP contribution in [0.1, 0.15) is 36.5 Å². The average Bonchev–Trinajstić information content (AvgIpc) is 2.70. The van der Waals surface area contributed by atoms with Gasteiger partial charge < -0.3 is 10.6 Å². The Morgan fingerprint density at radius 1 is 1.03 bits per heavy atom. The number of nitrogens with zero attached hydrogens (tertiary/aromatic N) is 1. The molecule has 0 bridgehead atoms. The summed E-state index contributed by atoms with van der Waals surface area (Å²) in [7, 11) is -4.03. The van der Waals surface area contributed by atoms with Crippen LogP contribution in [0.5, 0.6) is 0 Å². The Labute approximate surface area is 179 Å². The number of benzene rings is 2. The van der Waals surface area contributed by atoms with Crippen molar-refractivity contribution in [2.75, 3.05) is 23.7 Å². The second-order valence-electron chi connectivity index (χ2n) is 6.94. The standard InChI is InChI=1S/C20H21ClFN3O4S/c1-13(26)23-15-6-8-18(16(21)12-15)24-20(27)14-5-7-17(22)19(11-14)30(28,29)25-9-3-2-4-10-25/h5-8,11-12H,2-4,9-10H2,1H3,(H,23,26)(H,24,27). The molecular weight excluding hydrogens is 433 g/mol. The number of hydrogen-bond donors (Lipinski definition) is 2. The van der Waals surface area contributed by atoms with E-state index in [0.717, 1.165) is 18.6 Å². The van der Waals surface area contributed by atoms with Gasteiger partial charge in [-0.05, 0) is 49.2 Å². The lowest BCUT2D eigenvalue weighted by Crippen LogP contribution is -2.36. The Balaban J connectivity index is 1.84. The van der Waals surface area contributed by atoms with Crippen molar-refractivity contribution in [1.82, 2.24) is 4.31 Å². The van der Waals surface area contributed by atoms with Gasteiger partial charge >= 0.3 is 0 Å². The number of rotatable bonds is 5. The highest BCUT2D eigenvalue weighted by atomic mass is 35.5. The molecule has 1 fully saturated rings. The highest BCUT2D eigenvalue weighted by molar-refractivity contribution is 7.89. The SMILES string of the molecule is CC(=O)Nc1ccc(NC(=O)c2ccc(F)c(S(=O)(=O)N3CCCCC3)c2)c(Cl)c1. The molecule has 1 aliphatic rings. The summed E-state index contributed by atoms with van der Waals surface area (Å²) in [6.07, 6.45) is 2.36. The van der Waals surface area contributed by atoms with E-state index in [1.54, 1.807) is 6.07 Å². The van der Waals surface area contributed by atoms with Crippen molar-refractivity contribution in [2.24, 2.45) is 0 Å². The Morgan fingerprint density at radius 3 is 2.37 bits per heavy atom. The Kier molecular flexibility index (Phi) is 6.74. The van der Waals surface area contributed by atoms with Gasteiger partial charge in [0, 0.05) is 31.3 Å². The maximum atomic E-state index is 14.3. The normalized spacial score (nSPS) is 14.9. The minimum Gasteiger partial charge on any atom is -0.326 e.